The van der Waals surface area contributed by atoms with E-state index >= 15 is 0 Å². The van der Waals surface area contributed by atoms with Crippen molar-refractivity contribution >= 4 is 11.5 Å². The molecule has 0 atom stereocenters. The van der Waals surface area contributed by atoms with Crippen LogP contribution in [0.3, 0.4) is 0 Å². The normalized spacial score (nSPS) is 11.8. The fourth-order valence-corrected chi connectivity index (χ4v) is 1.01. The van der Waals surface area contributed by atoms with Gasteiger partial charge in [-0.3, -0.25) is 4.79 Å². The first-order valence-electron chi connectivity index (χ1n) is 5.13. The van der Waals surface area contributed by atoms with Gasteiger partial charge in [0.05, 0.1) is 0 Å². The molecule has 1 aromatic rings. The smallest absolute Gasteiger partial charge is 0.162 e. The van der Waals surface area contributed by atoms with E-state index < -0.39 is 0 Å². The SMILES string of the molecule is CC(C)(C)C(=O)/C=C/Nc1ccc(F)cc1. The Balaban J connectivity index is 2.55. The van der Waals surface area contributed by atoms with Gasteiger partial charge in [-0.2, -0.15) is 0 Å². The molecule has 3 heteroatoms. The number of hydrogen-bond donors (Lipinski definition) is 1. The molecule has 1 aromatic carbocycles. The largest absolute Gasteiger partial charge is 0.362 e. The number of hydrogen-bond acceptors (Lipinski definition) is 2. The molecule has 0 unspecified atom stereocenters. The number of anilines is 1. The Bertz CT molecular complexity index is 387. The number of halogens is 1. The highest BCUT2D eigenvalue weighted by atomic mass is 19.1. The molecule has 0 amide bonds. The summed E-state index contributed by atoms with van der Waals surface area (Å²) in [6.45, 7) is 5.58. The minimum absolute atomic E-state index is 0.0436. The second-order valence-electron chi connectivity index (χ2n) is 4.60. The van der Waals surface area contributed by atoms with Gasteiger partial charge >= 0.3 is 0 Å². The molecule has 1 rings (SSSR count). The molecule has 0 aliphatic heterocycles. The fourth-order valence-electron chi connectivity index (χ4n) is 1.01. The molecule has 16 heavy (non-hydrogen) atoms. The number of carbonyl (C=O) groups excluding carboxylic acids is 1. The molecule has 0 radical (unpaired) electrons. The molecule has 2 nitrogen and oxygen atoms in total. The molecule has 1 N–H and O–H groups in total. The Morgan fingerprint density at radius 3 is 2.31 bits per heavy atom. The van der Waals surface area contributed by atoms with Gasteiger partial charge in [-0.25, -0.2) is 4.39 Å². The van der Waals surface area contributed by atoms with Gasteiger partial charge < -0.3 is 5.32 Å². The summed E-state index contributed by atoms with van der Waals surface area (Å²) in [4.78, 5) is 11.5. The van der Waals surface area contributed by atoms with Crippen LogP contribution in [0, 0.1) is 11.2 Å². The summed E-state index contributed by atoms with van der Waals surface area (Å²) < 4.78 is 12.6. The zero-order valence-electron chi connectivity index (χ0n) is 9.75. The van der Waals surface area contributed by atoms with Gasteiger partial charge in [0.2, 0.25) is 0 Å². The van der Waals surface area contributed by atoms with Crippen LogP contribution in [-0.2, 0) is 4.79 Å². The molecule has 0 spiro atoms. The molecule has 0 aliphatic carbocycles. The highest BCUT2D eigenvalue weighted by Crippen LogP contribution is 2.15. The average molecular weight is 221 g/mol. The summed E-state index contributed by atoms with van der Waals surface area (Å²) in [5.41, 5.74) is 0.375. The number of ketones is 1. The van der Waals surface area contributed by atoms with Crippen molar-refractivity contribution in [2.24, 2.45) is 5.41 Å². The van der Waals surface area contributed by atoms with Crippen molar-refractivity contribution in [2.45, 2.75) is 20.8 Å². The molecule has 86 valence electrons. The van der Waals surface area contributed by atoms with E-state index in [1.54, 1.807) is 18.3 Å². The standard InChI is InChI=1S/C13H16FNO/c1-13(2,3)12(16)8-9-15-11-6-4-10(14)5-7-11/h4-9,15H,1-3H3/b9-8+. The summed E-state index contributed by atoms with van der Waals surface area (Å²) in [5, 5.41) is 2.91. The van der Waals surface area contributed by atoms with Crippen LogP contribution in [-0.4, -0.2) is 5.78 Å². The lowest BCUT2D eigenvalue weighted by molar-refractivity contribution is -0.121. The third kappa shape index (κ3) is 3.85. The summed E-state index contributed by atoms with van der Waals surface area (Å²) in [6, 6.07) is 5.95. The Kier molecular flexibility index (Phi) is 3.82. The molecule has 0 saturated carbocycles. The first kappa shape index (κ1) is 12.4. The fraction of sp³-hybridized carbons (Fsp3) is 0.308. The Hall–Kier alpha value is -1.64. The maximum absolute atomic E-state index is 12.6. The van der Waals surface area contributed by atoms with Crippen molar-refractivity contribution in [3.05, 3.63) is 42.4 Å². The summed E-state index contributed by atoms with van der Waals surface area (Å²) in [5.74, 6) is -0.234. The molecule has 0 heterocycles. The van der Waals surface area contributed by atoms with Gasteiger partial charge in [0.1, 0.15) is 5.82 Å². The molecule has 0 aromatic heterocycles. The summed E-state index contributed by atoms with van der Waals surface area (Å²) >= 11 is 0. The van der Waals surface area contributed by atoms with Crippen molar-refractivity contribution < 1.29 is 9.18 Å². The lowest BCUT2D eigenvalue weighted by Gasteiger charge is -2.12. The Labute approximate surface area is 95.2 Å². The molecular formula is C13H16FNO. The van der Waals surface area contributed by atoms with E-state index in [1.807, 2.05) is 20.8 Å². The number of allylic oxidation sites excluding steroid dienone is 1. The maximum atomic E-state index is 12.6. The molecular weight excluding hydrogens is 205 g/mol. The van der Waals surface area contributed by atoms with Crippen LogP contribution >= 0.6 is 0 Å². The highest BCUT2D eigenvalue weighted by molar-refractivity contribution is 5.94. The minimum Gasteiger partial charge on any atom is -0.362 e. The predicted molar refractivity (Wildman–Crippen MR) is 63.6 cm³/mol. The lowest BCUT2D eigenvalue weighted by Crippen LogP contribution is -2.17. The molecule has 0 aliphatic rings. The third-order valence-corrected chi connectivity index (χ3v) is 2.07. The van der Waals surface area contributed by atoms with Gasteiger partial charge in [0.25, 0.3) is 0 Å². The van der Waals surface area contributed by atoms with E-state index in [-0.39, 0.29) is 17.0 Å². The maximum Gasteiger partial charge on any atom is 0.162 e. The predicted octanol–water partition coefficient (Wildman–Crippen LogP) is 3.37. The van der Waals surface area contributed by atoms with Crippen LogP contribution in [0.4, 0.5) is 10.1 Å². The average Bonchev–Trinajstić information content (AvgIpc) is 2.19. The van der Waals surface area contributed by atoms with Gasteiger partial charge in [-0.05, 0) is 30.3 Å². The molecule has 0 fully saturated rings. The monoisotopic (exact) mass is 221 g/mol. The molecule has 0 saturated heterocycles. The van der Waals surface area contributed by atoms with Crippen molar-refractivity contribution in [1.29, 1.82) is 0 Å². The van der Waals surface area contributed by atoms with Crippen LogP contribution < -0.4 is 5.32 Å². The van der Waals surface area contributed by atoms with Crippen LogP contribution in [0.2, 0.25) is 0 Å². The number of rotatable bonds is 3. The van der Waals surface area contributed by atoms with Crippen molar-refractivity contribution in [2.75, 3.05) is 5.32 Å². The second-order valence-corrected chi connectivity index (χ2v) is 4.60. The Morgan fingerprint density at radius 2 is 1.81 bits per heavy atom. The van der Waals surface area contributed by atoms with Crippen molar-refractivity contribution in [3.63, 3.8) is 0 Å². The lowest BCUT2D eigenvalue weighted by atomic mass is 9.91. The highest BCUT2D eigenvalue weighted by Gasteiger charge is 2.17. The minimum atomic E-state index is -0.374. The van der Waals surface area contributed by atoms with E-state index in [1.165, 1.54) is 18.2 Å². The van der Waals surface area contributed by atoms with Crippen molar-refractivity contribution in [3.8, 4) is 0 Å². The van der Waals surface area contributed by atoms with Gasteiger partial charge in [-0.1, -0.05) is 20.8 Å². The van der Waals surface area contributed by atoms with Gasteiger partial charge in [-0.15, -0.1) is 0 Å². The van der Waals surface area contributed by atoms with E-state index in [4.69, 9.17) is 0 Å². The second kappa shape index (κ2) is 4.92. The molecule has 0 bridgehead atoms. The zero-order chi connectivity index (χ0) is 12.2. The number of benzene rings is 1. The van der Waals surface area contributed by atoms with E-state index in [0.29, 0.717) is 0 Å². The first-order chi connectivity index (χ1) is 7.39. The van der Waals surface area contributed by atoms with Crippen LogP contribution in [0.15, 0.2) is 36.5 Å². The van der Waals surface area contributed by atoms with Gasteiger partial charge in [0.15, 0.2) is 5.78 Å². The van der Waals surface area contributed by atoms with Crippen LogP contribution in [0.5, 0.6) is 0 Å². The van der Waals surface area contributed by atoms with Crippen molar-refractivity contribution in [1.82, 2.24) is 0 Å². The van der Waals surface area contributed by atoms with E-state index in [2.05, 4.69) is 5.32 Å². The summed E-state index contributed by atoms with van der Waals surface area (Å²) in [7, 11) is 0. The van der Waals surface area contributed by atoms with E-state index in [0.717, 1.165) is 5.69 Å². The Morgan fingerprint density at radius 1 is 1.25 bits per heavy atom. The van der Waals surface area contributed by atoms with Crippen LogP contribution in [0.25, 0.3) is 0 Å². The van der Waals surface area contributed by atoms with E-state index in [9.17, 15) is 9.18 Å². The van der Waals surface area contributed by atoms with Gasteiger partial charge in [0, 0.05) is 17.3 Å². The topological polar surface area (TPSA) is 29.1 Å². The number of nitrogens with one attached hydrogen (secondary N) is 1. The third-order valence-electron chi connectivity index (χ3n) is 2.07. The summed E-state index contributed by atoms with van der Waals surface area (Å²) in [6.07, 6.45) is 3.06. The quantitative estimate of drug-likeness (QED) is 0.793. The first-order valence-corrected chi connectivity index (χ1v) is 5.13. The number of carbonyl (C=O) groups is 1. The zero-order valence-corrected chi connectivity index (χ0v) is 9.75. The van der Waals surface area contributed by atoms with Crippen LogP contribution in [0.1, 0.15) is 20.8 Å².